The van der Waals surface area contributed by atoms with Gasteiger partial charge in [0.25, 0.3) is 0 Å². The highest BCUT2D eigenvalue weighted by Crippen LogP contribution is 2.41. The van der Waals surface area contributed by atoms with Crippen molar-refractivity contribution in [2.24, 2.45) is 0 Å². The fourth-order valence-electron chi connectivity index (χ4n) is 5.19. The minimum Gasteiger partial charge on any atom is -0.466 e. The first-order valence-corrected chi connectivity index (χ1v) is 15.5. The Morgan fingerprint density at radius 1 is 0.788 bits per heavy atom. The molecule has 0 saturated heterocycles. The molecule has 18 heteroatoms. The van der Waals surface area contributed by atoms with E-state index in [0.29, 0.717) is 49.9 Å². The van der Waals surface area contributed by atoms with E-state index in [1.54, 1.807) is 19.1 Å². The molecule has 0 heterocycles. The molecular weight excluding hydrogens is 728 g/mol. The summed E-state index contributed by atoms with van der Waals surface area (Å²) in [6.07, 6.45) is -18.2. The molecule has 0 saturated carbocycles. The van der Waals surface area contributed by atoms with Gasteiger partial charge in [-0.2, -0.15) is 43.9 Å². The number of amides is 2. The van der Waals surface area contributed by atoms with Gasteiger partial charge in [0.15, 0.2) is 0 Å². The lowest BCUT2D eigenvalue weighted by molar-refractivity contribution is -0.253. The zero-order chi connectivity index (χ0) is 38.9. The van der Waals surface area contributed by atoms with E-state index in [-0.39, 0.29) is 36.7 Å². The van der Waals surface area contributed by atoms with E-state index in [0.717, 1.165) is 5.56 Å². The van der Waals surface area contributed by atoms with Gasteiger partial charge in [-0.3, -0.25) is 4.79 Å². The summed E-state index contributed by atoms with van der Waals surface area (Å²) in [5.74, 6) is -4.94. The van der Waals surface area contributed by atoms with Crippen LogP contribution in [-0.4, -0.2) is 43.9 Å². The van der Waals surface area contributed by atoms with Crippen LogP contribution < -0.4 is 15.4 Å². The van der Waals surface area contributed by atoms with Gasteiger partial charge in [-0.25, -0.2) is 13.6 Å². The lowest BCUT2D eigenvalue weighted by Crippen LogP contribution is -2.53. The molecule has 0 radical (unpaired) electrons. The second-order valence-corrected chi connectivity index (χ2v) is 11.5. The third kappa shape index (κ3) is 12.0. The Bertz CT molecular complexity index is 1660. The standard InChI is InChI=1S/C34H32F12N2O4/c1-2-51-28(49)7-5-3-4-6-20-8-10-21(11-9-20)18-31(48-30(50)47-19-32(39,40)41,22-12-13-27(36)26(16-22)33(42,43)44)23-14-24(35)17-25(15-23)52-34(45,46)29(37)38/h8-17,29H,2-7,18-19H2,1H3,(H2,47,48,50)/t31-/m1/s1. The first kappa shape index (κ1) is 41.8. The number of esters is 1. The van der Waals surface area contributed by atoms with Crippen molar-refractivity contribution in [1.82, 2.24) is 10.6 Å². The molecule has 0 bridgehead atoms. The lowest BCUT2D eigenvalue weighted by Gasteiger charge is -2.37. The molecule has 3 aromatic carbocycles. The molecule has 0 fully saturated rings. The van der Waals surface area contributed by atoms with Crippen LogP contribution in [0.5, 0.6) is 5.75 Å². The predicted octanol–water partition coefficient (Wildman–Crippen LogP) is 9.23. The van der Waals surface area contributed by atoms with Gasteiger partial charge in [-0.15, -0.1) is 0 Å². The molecule has 1 atom stereocenters. The number of halogens is 12. The Hall–Kier alpha value is -4.64. The molecule has 286 valence electrons. The van der Waals surface area contributed by atoms with Crippen LogP contribution >= 0.6 is 0 Å². The van der Waals surface area contributed by atoms with Gasteiger partial charge in [0.2, 0.25) is 0 Å². The Kier molecular flexibility index (Phi) is 13.9. The molecule has 2 amide bonds. The average Bonchev–Trinajstić information content (AvgIpc) is 3.03. The van der Waals surface area contributed by atoms with Crippen molar-refractivity contribution in [2.75, 3.05) is 13.2 Å². The molecule has 0 unspecified atom stereocenters. The van der Waals surface area contributed by atoms with Crippen LogP contribution in [0.3, 0.4) is 0 Å². The van der Waals surface area contributed by atoms with Crippen LogP contribution in [0.1, 0.15) is 60.4 Å². The number of alkyl halides is 10. The number of unbranched alkanes of at least 4 members (excludes halogenated alkanes) is 2. The molecular formula is C34H32F12N2O4. The molecule has 0 aliphatic carbocycles. The largest absolute Gasteiger partial charge is 0.466 e. The predicted molar refractivity (Wildman–Crippen MR) is 162 cm³/mol. The van der Waals surface area contributed by atoms with E-state index in [1.807, 2.05) is 0 Å². The molecule has 0 aliphatic heterocycles. The van der Waals surface area contributed by atoms with Gasteiger partial charge in [0.05, 0.1) is 17.7 Å². The number of carbonyl (C=O) groups excluding carboxylic acids is 2. The summed E-state index contributed by atoms with van der Waals surface area (Å²) in [6, 6.07) is 6.64. The van der Waals surface area contributed by atoms with Crippen molar-refractivity contribution < 1.29 is 71.7 Å². The van der Waals surface area contributed by atoms with Crippen molar-refractivity contribution in [1.29, 1.82) is 0 Å². The number of aryl methyl sites for hydroxylation is 1. The highest BCUT2D eigenvalue weighted by Gasteiger charge is 2.45. The second kappa shape index (κ2) is 17.3. The molecule has 6 nitrogen and oxygen atoms in total. The third-order valence-electron chi connectivity index (χ3n) is 7.56. The Morgan fingerprint density at radius 2 is 1.44 bits per heavy atom. The van der Waals surface area contributed by atoms with Crippen LogP contribution in [0, 0.1) is 11.6 Å². The second-order valence-electron chi connectivity index (χ2n) is 11.5. The number of rotatable bonds is 16. The first-order chi connectivity index (χ1) is 24.1. The number of ether oxygens (including phenoxy) is 2. The molecule has 0 spiro atoms. The van der Waals surface area contributed by atoms with Crippen LogP contribution in [0.2, 0.25) is 0 Å². The van der Waals surface area contributed by atoms with E-state index in [1.165, 1.54) is 17.4 Å². The molecule has 2 N–H and O–H groups in total. The highest BCUT2D eigenvalue weighted by molar-refractivity contribution is 5.76. The van der Waals surface area contributed by atoms with Gasteiger partial charge in [-0.1, -0.05) is 36.8 Å². The van der Waals surface area contributed by atoms with Crippen LogP contribution in [-0.2, 0) is 34.1 Å². The number of hydrogen-bond acceptors (Lipinski definition) is 4. The van der Waals surface area contributed by atoms with E-state index < -0.39 is 83.5 Å². The number of carbonyl (C=O) groups is 2. The van der Waals surface area contributed by atoms with Gasteiger partial charge in [0, 0.05) is 18.9 Å². The number of nitrogens with one attached hydrogen (secondary N) is 2. The lowest BCUT2D eigenvalue weighted by atomic mass is 9.77. The van der Waals surface area contributed by atoms with E-state index in [4.69, 9.17) is 4.74 Å². The van der Waals surface area contributed by atoms with Crippen LogP contribution in [0.4, 0.5) is 57.5 Å². The minimum atomic E-state index is -5.38. The van der Waals surface area contributed by atoms with Crippen molar-refractivity contribution in [3.8, 4) is 5.75 Å². The topological polar surface area (TPSA) is 76.7 Å². The molecule has 0 aromatic heterocycles. The van der Waals surface area contributed by atoms with Gasteiger partial charge in [0.1, 0.15) is 23.9 Å². The van der Waals surface area contributed by atoms with Crippen LogP contribution in [0.15, 0.2) is 60.7 Å². The number of urea groups is 1. The van der Waals surface area contributed by atoms with Crippen molar-refractivity contribution in [3.63, 3.8) is 0 Å². The summed E-state index contributed by atoms with van der Waals surface area (Å²) in [5.41, 5.74) is -5.16. The molecule has 0 aliphatic rings. The Balaban J connectivity index is 2.16. The zero-order valence-electron chi connectivity index (χ0n) is 27.2. The fourth-order valence-corrected chi connectivity index (χ4v) is 5.19. The van der Waals surface area contributed by atoms with Gasteiger partial charge < -0.3 is 20.1 Å². The van der Waals surface area contributed by atoms with E-state index in [2.05, 4.69) is 10.1 Å². The summed E-state index contributed by atoms with van der Waals surface area (Å²) < 4.78 is 173. The van der Waals surface area contributed by atoms with Gasteiger partial charge >= 0.3 is 36.9 Å². The summed E-state index contributed by atoms with van der Waals surface area (Å²) in [7, 11) is 0. The maximum Gasteiger partial charge on any atom is 0.461 e. The quantitative estimate of drug-likeness (QED) is 0.0868. The maximum absolute atomic E-state index is 15.0. The first-order valence-electron chi connectivity index (χ1n) is 15.5. The summed E-state index contributed by atoms with van der Waals surface area (Å²) >= 11 is 0. The smallest absolute Gasteiger partial charge is 0.461 e. The Labute approximate surface area is 289 Å². The van der Waals surface area contributed by atoms with E-state index >= 15 is 4.39 Å². The third-order valence-corrected chi connectivity index (χ3v) is 7.56. The summed E-state index contributed by atoms with van der Waals surface area (Å²) in [5, 5.41) is 3.52. The average molecular weight is 761 g/mol. The molecule has 3 rings (SSSR count). The normalized spacial score (nSPS) is 13.4. The molecule has 52 heavy (non-hydrogen) atoms. The van der Waals surface area contributed by atoms with Crippen molar-refractivity contribution in [2.45, 2.75) is 75.9 Å². The van der Waals surface area contributed by atoms with Crippen LogP contribution in [0.25, 0.3) is 0 Å². The number of benzene rings is 3. The van der Waals surface area contributed by atoms with Crippen molar-refractivity contribution >= 4 is 12.0 Å². The van der Waals surface area contributed by atoms with Crippen molar-refractivity contribution in [3.05, 3.63) is 100 Å². The maximum atomic E-state index is 15.0. The Morgan fingerprint density at radius 3 is 2.04 bits per heavy atom. The zero-order valence-corrected chi connectivity index (χ0v) is 27.2. The molecule has 3 aromatic rings. The van der Waals surface area contributed by atoms with Gasteiger partial charge in [-0.05, 0) is 72.7 Å². The monoisotopic (exact) mass is 760 g/mol. The highest BCUT2D eigenvalue weighted by atomic mass is 19.4. The SMILES string of the molecule is CCOC(=O)CCCCCc1ccc(C[C@](NC(=O)NCC(F)(F)F)(c2cc(F)cc(OC(F)(F)C(F)F)c2)c2ccc(F)c(C(F)(F)F)c2)cc1. The van der Waals surface area contributed by atoms with E-state index in [9.17, 15) is 57.9 Å². The summed E-state index contributed by atoms with van der Waals surface area (Å²) in [6.45, 7) is -0.0435. The minimum absolute atomic E-state index is 0.129. The summed E-state index contributed by atoms with van der Waals surface area (Å²) in [4.78, 5) is 24.5. The number of hydrogen-bond donors (Lipinski definition) is 2. The fraction of sp³-hybridized carbons (Fsp3) is 0.412.